The van der Waals surface area contributed by atoms with Crippen molar-refractivity contribution in [3.05, 3.63) is 11.9 Å². The van der Waals surface area contributed by atoms with E-state index >= 15 is 0 Å². The molecule has 1 fully saturated rings. The van der Waals surface area contributed by atoms with E-state index in [9.17, 15) is 0 Å². The van der Waals surface area contributed by atoms with Crippen LogP contribution in [0.25, 0.3) is 0 Å². The Hall–Kier alpha value is -0.900. The van der Waals surface area contributed by atoms with Crippen LogP contribution >= 0.6 is 0 Å². The smallest absolute Gasteiger partial charge is 0.0751 e. The van der Waals surface area contributed by atoms with Gasteiger partial charge in [0.1, 0.15) is 0 Å². The van der Waals surface area contributed by atoms with E-state index in [4.69, 9.17) is 5.73 Å². The third-order valence-corrected chi connectivity index (χ3v) is 2.94. The van der Waals surface area contributed by atoms with Crippen LogP contribution in [0.2, 0.25) is 0 Å². The molecule has 0 spiro atoms. The normalized spacial score (nSPS) is 19.8. The quantitative estimate of drug-likeness (QED) is 0.755. The van der Waals surface area contributed by atoms with E-state index in [1.54, 1.807) is 10.9 Å². The van der Waals surface area contributed by atoms with Crippen LogP contribution in [-0.4, -0.2) is 15.0 Å². The first-order chi connectivity index (χ1) is 6.27. The molecule has 0 radical (unpaired) electrons. The molecule has 2 N–H and O–H groups in total. The van der Waals surface area contributed by atoms with E-state index in [1.807, 2.05) is 7.05 Å². The maximum atomic E-state index is 6.05. The molecule has 1 atom stereocenters. The molecular formula is C9H16N4. The van der Waals surface area contributed by atoms with Gasteiger partial charge in [0.25, 0.3) is 0 Å². The highest BCUT2D eigenvalue weighted by atomic mass is 15.4. The van der Waals surface area contributed by atoms with Crippen molar-refractivity contribution in [3.63, 3.8) is 0 Å². The van der Waals surface area contributed by atoms with Crippen LogP contribution in [0.3, 0.4) is 0 Å². The van der Waals surface area contributed by atoms with Crippen molar-refractivity contribution in [2.24, 2.45) is 18.7 Å². The van der Waals surface area contributed by atoms with E-state index in [0.29, 0.717) is 0 Å². The molecule has 1 heterocycles. The van der Waals surface area contributed by atoms with Crippen LogP contribution in [-0.2, 0) is 7.05 Å². The number of hydrogen-bond acceptors (Lipinski definition) is 3. The first-order valence-corrected chi connectivity index (χ1v) is 4.87. The van der Waals surface area contributed by atoms with Crippen LogP contribution in [0.4, 0.5) is 0 Å². The van der Waals surface area contributed by atoms with E-state index < -0.39 is 0 Å². The maximum absolute atomic E-state index is 6.05. The highest BCUT2D eigenvalue weighted by Gasteiger charge is 2.22. The topological polar surface area (TPSA) is 56.7 Å². The van der Waals surface area contributed by atoms with Crippen molar-refractivity contribution in [1.82, 2.24) is 15.0 Å². The highest BCUT2D eigenvalue weighted by molar-refractivity contribution is 5.01. The number of rotatable bonds is 3. The minimum Gasteiger partial charge on any atom is -0.323 e. The summed E-state index contributed by atoms with van der Waals surface area (Å²) >= 11 is 0. The van der Waals surface area contributed by atoms with Gasteiger partial charge in [-0.25, -0.2) is 0 Å². The van der Waals surface area contributed by atoms with Gasteiger partial charge < -0.3 is 5.73 Å². The average molecular weight is 180 g/mol. The molecule has 4 nitrogen and oxygen atoms in total. The largest absolute Gasteiger partial charge is 0.323 e. The summed E-state index contributed by atoms with van der Waals surface area (Å²) in [5.74, 6) is 0.838. The van der Waals surface area contributed by atoms with E-state index in [-0.39, 0.29) is 6.04 Å². The van der Waals surface area contributed by atoms with Crippen molar-refractivity contribution in [1.29, 1.82) is 0 Å². The molecule has 1 aliphatic rings. The van der Waals surface area contributed by atoms with Crippen LogP contribution < -0.4 is 5.73 Å². The van der Waals surface area contributed by atoms with Crippen molar-refractivity contribution in [3.8, 4) is 0 Å². The number of nitrogens with two attached hydrogens (primary N) is 1. The zero-order chi connectivity index (χ0) is 9.26. The monoisotopic (exact) mass is 180 g/mol. The van der Waals surface area contributed by atoms with Gasteiger partial charge in [0.15, 0.2) is 0 Å². The second-order valence-corrected chi connectivity index (χ2v) is 3.92. The fourth-order valence-electron chi connectivity index (χ4n) is 1.84. The van der Waals surface area contributed by atoms with Crippen molar-refractivity contribution in [2.45, 2.75) is 31.7 Å². The van der Waals surface area contributed by atoms with Crippen molar-refractivity contribution < 1.29 is 0 Å². The fourth-order valence-corrected chi connectivity index (χ4v) is 1.84. The molecule has 1 aromatic heterocycles. The molecule has 4 heteroatoms. The average Bonchev–Trinajstić information content (AvgIpc) is 2.43. The van der Waals surface area contributed by atoms with E-state index in [2.05, 4.69) is 10.3 Å². The maximum Gasteiger partial charge on any atom is 0.0751 e. The predicted octanol–water partition coefficient (Wildman–Crippen LogP) is 1.01. The summed E-state index contributed by atoms with van der Waals surface area (Å²) in [5.41, 5.74) is 7.10. The predicted molar refractivity (Wildman–Crippen MR) is 49.9 cm³/mol. The summed E-state index contributed by atoms with van der Waals surface area (Å²) in [4.78, 5) is 0. The molecule has 1 aromatic rings. The molecule has 0 aliphatic heterocycles. The van der Waals surface area contributed by atoms with Gasteiger partial charge in [-0.05, 0) is 12.3 Å². The second-order valence-electron chi connectivity index (χ2n) is 3.92. The molecule has 0 amide bonds. The van der Waals surface area contributed by atoms with Crippen LogP contribution in [0.1, 0.15) is 37.4 Å². The van der Waals surface area contributed by atoms with E-state index in [1.165, 1.54) is 19.3 Å². The lowest BCUT2D eigenvalue weighted by molar-refractivity contribution is 0.274. The number of hydrogen-bond donors (Lipinski definition) is 1. The minimum absolute atomic E-state index is 0.116. The number of nitrogens with zero attached hydrogens (tertiary/aromatic N) is 3. The fraction of sp³-hybridized carbons (Fsp3) is 0.778. The Morgan fingerprint density at radius 1 is 1.69 bits per heavy atom. The van der Waals surface area contributed by atoms with Crippen molar-refractivity contribution in [2.75, 3.05) is 0 Å². The van der Waals surface area contributed by atoms with Gasteiger partial charge in [-0.2, -0.15) is 0 Å². The first kappa shape index (κ1) is 8.69. The number of aromatic nitrogens is 3. The Morgan fingerprint density at radius 2 is 2.46 bits per heavy atom. The third-order valence-electron chi connectivity index (χ3n) is 2.94. The third kappa shape index (κ3) is 1.72. The first-order valence-electron chi connectivity index (χ1n) is 4.87. The Labute approximate surface area is 78.1 Å². The molecule has 0 saturated heterocycles. The lowest BCUT2D eigenvalue weighted by Crippen LogP contribution is -2.21. The lowest BCUT2D eigenvalue weighted by atomic mass is 9.80. The molecule has 72 valence electrons. The zero-order valence-electron chi connectivity index (χ0n) is 7.98. The molecule has 0 aromatic carbocycles. The summed E-state index contributed by atoms with van der Waals surface area (Å²) in [6, 6.07) is 0.116. The molecular weight excluding hydrogens is 164 g/mol. The molecule has 0 bridgehead atoms. The number of aryl methyl sites for hydroxylation is 1. The molecule has 1 unspecified atom stereocenters. The summed E-state index contributed by atoms with van der Waals surface area (Å²) in [6.45, 7) is 0. The zero-order valence-corrected chi connectivity index (χ0v) is 7.98. The Morgan fingerprint density at radius 3 is 2.92 bits per heavy atom. The van der Waals surface area contributed by atoms with Gasteiger partial charge in [0.2, 0.25) is 0 Å². The van der Waals surface area contributed by atoms with E-state index in [0.717, 1.165) is 18.0 Å². The van der Waals surface area contributed by atoms with Gasteiger partial charge in [-0.15, -0.1) is 5.10 Å². The molecule has 1 saturated carbocycles. The van der Waals surface area contributed by atoms with Gasteiger partial charge in [-0.1, -0.05) is 24.5 Å². The van der Waals surface area contributed by atoms with Gasteiger partial charge in [0, 0.05) is 13.1 Å². The summed E-state index contributed by atoms with van der Waals surface area (Å²) in [5, 5.41) is 7.70. The van der Waals surface area contributed by atoms with Crippen LogP contribution in [0, 0.1) is 5.92 Å². The van der Waals surface area contributed by atoms with Gasteiger partial charge in [-0.3, -0.25) is 4.68 Å². The summed E-state index contributed by atoms with van der Waals surface area (Å²) in [7, 11) is 1.89. The van der Waals surface area contributed by atoms with Crippen molar-refractivity contribution >= 4 is 0 Å². The summed E-state index contributed by atoms with van der Waals surface area (Å²) < 4.78 is 1.77. The summed E-state index contributed by atoms with van der Waals surface area (Å²) in [6.07, 6.45) is 6.92. The van der Waals surface area contributed by atoms with Gasteiger partial charge in [0.05, 0.1) is 11.9 Å². The molecule has 2 rings (SSSR count). The molecule has 13 heavy (non-hydrogen) atoms. The van der Waals surface area contributed by atoms with Crippen LogP contribution in [0.15, 0.2) is 6.20 Å². The Kier molecular flexibility index (Phi) is 2.31. The van der Waals surface area contributed by atoms with Gasteiger partial charge >= 0.3 is 0 Å². The Balaban J connectivity index is 1.96. The highest BCUT2D eigenvalue weighted by Crippen LogP contribution is 2.33. The second kappa shape index (κ2) is 3.46. The standard InChI is InChI=1S/C9H16N4/c1-13-9(6-11-12-13)8(10)5-7-3-2-4-7/h6-8H,2-5,10H2,1H3. The Bertz CT molecular complexity index is 277. The molecule has 1 aliphatic carbocycles. The van der Waals surface area contributed by atoms with Crippen LogP contribution in [0.5, 0.6) is 0 Å². The lowest BCUT2D eigenvalue weighted by Gasteiger charge is -2.27. The SMILES string of the molecule is Cn1nncc1C(N)CC1CCC1. The minimum atomic E-state index is 0.116.